The van der Waals surface area contributed by atoms with Crippen molar-refractivity contribution in [1.29, 1.82) is 0 Å². The maximum absolute atomic E-state index is 13.3. The molecule has 2 aromatic rings. The Bertz CT molecular complexity index is 1270. The van der Waals surface area contributed by atoms with E-state index in [1.165, 1.54) is 18.9 Å². The topological polar surface area (TPSA) is 77.9 Å². The van der Waals surface area contributed by atoms with Gasteiger partial charge in [-0.3, -0.25) is 9.69 Å². The Balaban J connectivity index is 0.000000161. The number of aryl methyl sites for hydroxylation is 1. The quantitative estimate of drug-likeness (QED) is 0.482. The van der Waals surface area contributed by atoms with Crippen LogP contribution in [0, 0.1) is 17.7 Å². The number of rotatable bonds is 7. The molecule has 218 valence electrons. The molecule has 0 bridgehead atoms. The SMILES string of the molecule is CN1CCC(CC2CCc3ccccc3S2(=O)=O)CC1.O=C(O)[C@@H](CC1CC1)N1CC[C@@H](c2cccc(F)c2)C1. The van der Waals surface area contributed by atoms with Gasteiger partial charge in [-0.25, -0.2) is 12.8 Å². The Labute approximate surface area is 238 Å². The fourth-order valence-electron chi connectivity index (χ4n) is 6.73. The summed E-state index contributed by atoms with van der Waals surface area (Å²) in [5, 5.41) is 9.25. The Morgan fingerprint density at radius 2 is 1.73 bits per heavy atom. The van der Waals surface area contributed by atoms with Crippen LogP contribution in [0.5, 0.6) is 0 Å². The summed E-state index contributed by atoms with van der Waals surface area (Å²) < 4.78 is 38.7. The summed E-state index contributed by atoms with van der Waals surface area (Å²) in [7, 11) is -0.967. The van der Waals surface area contributed by atoms with Gasteiger partial charge in [-0.1, -0.05) is 43.2 Å². The third-order valence-corrected chi connectivity index (χ3v) is 11.7. The molecule has 3 aliphatic heterocycles. The van der Waals surface area contributed by atoms with Crippen LogP contribution in [0.25, 0.3) is 0 Å². The summed E-state index contributed by atoms with van der Waals surface area (Å²) in [5.74, 6) is 0.512. The van der Waals surface area contributed by atoms with E-state index in [4.69, 9.17) is 0 Å². The molecule has 1 saturated carbocycles. The van der Waals surface area contributed by atoms with E-state index in [1.54, 1.807) is 18.2 Å². The van der Waals surface area contributed by atoms with E-state index < -0.39 is 15.8 Å². The molecular formula is C32H43FN2O4S. The van der Waals surface area contributed by atoms with Gasteiger partial charge in [-0.2, -0.15) is 0 Å². The van der Waals surface area contributed by atoms with E-state index >= 15 is 0 Å². The summed E-state index contributed by atoms with van der Waals surface area (Å²) >= 11 is 0. The van der Waals surface area contributed by atoms with Crippen LogP contribution >= 0.6 is 0 Å². The Kier molecular flexibility index (Phi) is 9.28. The standard InChI is InChI=1S/C16H20FNO2.C16H23NO2S/c17-14-3-1-2-12(9-14)13-6-7-18(10-13)15(16(19)20)8-11-4-5-11;1-17-10-8-13(9-11-17)12-15-7-6-14-4-2-3-5-16(14)20(15,18)19/h1-3,9,11,13,15H,4-8,10H2,(H,19,20);2-5,13,15H,6-12H2,1H3/t13-,15-;/m1./s1. The molecule has 3 fully saturated rings. The molecule has 6 nitrogen and oxygen atoms in total. The van der Waals surface area contributed by atoms with Crippen LogP contribution in [-0.2, 0) is 21.1 Å². The van der Waals surface area contributed by atoms with Crippen LogP contribution in [0.15, 0.2) is 53.4 Å². The summed E-state index contributed by atoms with van der Waals surface area (Å²) in [5.41, 5.74) is 2.00. The van der Waals surface area contributed by atoms with Gasteiger partial charge in [-0.15, -0.1) is 0 Å². The lowest BCUT2D eigenvalue weighted by molar-refractivity contribution is -0.143. The maximum Gasteiger partial charge on any atom is 0.320 e. The number of fused-ring (bicyclic) bond motifs is 1. The van der Waals surface area contributed by atoms with Crippen LogP contribution < -0.4 is 0 Å². The van der Waals surface area contributed by atoms with E-state index in [-0.39, 0.29) is 23.0 Å². The predicted molar refractivity (Wildman–Crippen MR) is 155 cm³/mol. The average molecular weight is 571 g/mol. The first-order valence-electron chi connectivity index (χ1n) is 14.9. The second-order valence-electron chi connectivity index (χ2n) is 12.4. The smallest absolute Gasteiger partial charge is 0.320 e. The lowest BCUT2D eigenvalue weighted by Gasteiger charge is -2.32. The van der Waals surface area contributed by atoms with E-state index in [9.17, 15) is 22.7 Å². The van der Waals surface area contributed by atoms with Gasteiger partial charge < -0.3 is 10.0 Å². The monoisotopic (exact) mass is 570 g/mol. The van der Waals surface area contributed by atoms with Crippen molar-refractivity contribution in [2.24, 2.45) is 11.8 Å². The fourth-order valence-corrected chi connectivity index (χ4v) is 8.85. The predicted octanol–water partition coefficient (Wildman–Crippen LogP) is 5.38. The number of carboxylic acids is 1. The number of sulfone groups is 1. The molecule has 40 heavy (non-hydrogen) atoms. The van der Waals surface area contributed by atoms with Gasteiger partial charge in [0.25, 0.3) is 0 Å². The highest BCUT2D eigenvalue weighted by Crippen LogP contribution is 2.37. The molecule has 2 aromatic carbocycles. The molecule has 3 heterocycles. The second-order valence-corrected chi connectivity index (χ2v) is 14.6. The number of hydrogen-bond acceptors (Lipinski definition) is 5. The van der Waals surface area contributed by atoms with Crippen molar-refractivity contribution >= 4 is 15.8 Å². The van der Waals surface area contributed by atoms with Gasteiger partial charge in [0.15, 0.2) is 9.84 Å². The minimum atomic E-state index is -3.11. The number of likely N-dealkylation sites (tertiary alicyclic amines) is 2. The van der Waals surface area contributed by atoms with E-state index in [1.807, 2.05) is 24.3 Å². The van der Waals surface area contributed by atoms with Crippen LogP contribution in [0.3, 0.4) is 0 Å². The first-order chi connectivity index (χ1) is 19.2. The highest BCUT2D eigenvalue weighted by atomic mass is 32.2. The lowest BCUT2D eigenvalue weighted by atomic mass is 9.90. The first-order valence-corrected chi connectivity index (χ1v) is 16.5. The average Bonchev–Trinajstić information content (AvgIpc) is 3.63. The zero-order valence-electron chi connectivity index (χ0n) is 23.6. The Morgan fingerprint density at radius 3 is 2.42 bits per heavy atom. The maximum atomic E-state index is 13.3. The Hall–Kier alpha value is -2.29. The van der Waals surface area contributed by atoms with E-state index in [0.717, 1.165) is 82.3 Å². The lowest BCUT2D eigenvalue weighted by Crippen LogP contribution is -2.40. The summed E-state index contributed by atoms with van der Waals surface area (Å²) in [6, 6.07) is 13.8. The number of carbonyl (C=O) groups is 1. The van der Waals surface area contributed by atoms with Crippen molar-refractivity contribution in [1.82, 2.24) is 9.80 Å². The number of halogens is 1. The summed E-state index contributed by atoms with van der Waals surface area (Å²) in [6.45, 7) is 3.74. The molecule has 0 spiro atoms. The highest BCUT2D eigenvalue weighted by Gasteiger charge is 2.37. The zero-order chi connectivity index (χ0) is 28.3. The van der Waals surface area contributed by atoms with Gasteiger partial charge in [0.1, 0.15) is 11.9 Å². The van der Waals surface area contributed by atoms with Crippen LogP contribution in [-0.4, -0.2) is 73.8 Å². The van der Waals surface area contributed by atoms with Crippen molar-refractivity contribution in [3.8, 4) is 0 Å². The van der Waals surface area contributed by atoms with Crippen LogP contribution in [0.1, 0.15) is 68.4 Å². The number of hydrogen-bond donors (Lipinski definition) is 1. The minimum absolute atomic E-state index is 0.161. The van der Waals surface area contributed by atoms with Crippen molar-refractivity contribution in [2.45, 2.75) is 79.9 Å². The number of benzene rings is 2. The van der Waals surface area contributed by atoms with Crippen molar-refractivity contribution in [3.63, 3.8) is 0 Å². The van der Waals surface area contributed by atoms with Crippen LogP contribution in [0.2, 0.25) is 0 Å². The van der Waals surface area contributed by atoms with Crippen molar-refractivity contribution in [3.05, 3.63) is 65.5 Å². The molecule has 2 saturated heterocycles. The van der Waals surface area contributed by atoms with Crippen LogP contribution in [0.4, 0.5) is 4.39 Å². The number of piperidine rings is 1. The van der Waals surface area contributed by atoms with Crippen molar-refractivity contribution in [2.75, 3.05) is 33.2 Å². The van der Waals surface area contributed by atoms with Gasteiger partial charge in [0.05, 0.1) is 10.1 Å². The van der Waals surface area contributed by atoms with Crippen molar-refractivity contribution < 1.29 is 22.7 Å². The van der Waals surface area contributed by atoms with Gasteiger partial charge in [0, 0.05) is 6.54 Å². The van der Waals surface area contributed by atoms with E-state index in [2.05, 4.69) is 16.8 Å². The molecule has 8 heteroatoms. The molecule has 1 N–H and O–H groups in total. The molecule has 0 aromatic heterocycles. The molecular weight excluding hydrogens is 527 g/mol. The third-order valence-electron chi connectivity index (χ3n) is 9.41. The summed E-state index contributed by atoms with van der Waals surface area (Å²) in [6.07, 6.45) is 8.87. The van der Waals surface area contributed by atoms with Gasteiger partial charge in [-0.05, 0) is 119 Å². The number of carboxylic acid groups (broad SMARTS) is 1. The molecule has 1 unspecified atom stereocenters. The number of aliphatic carboxylic acids is 1. The van der Waals surface area contributed by atoms with Gasteiger partial charge in [0.2, 0.25) is 0 Å². The molecule has 1 aliphatic carbocycles. The molecule has 0 radical (unpaired) electrons. The normalized spacial score (nSPS) is 25.9. The zero-order valence-corrected chi connectivity index (χ0v) is 24.4. The van der Waals surface area contributed by atoms with Gasteiger partial charge >= 0.3 is 5.97 Å². The largest absolute Gasteiger partial charge is 0.480 e. The fraction of sp³-hybridized carbons (Fsp3) is 0.594. The Morgan fingerprint density at radius 1 is 0.975 bits per heavy atom. The molecule has 6 rings (SSSR count). The minimum Gasteiger partial charge on any atom is -0.480 e. The molecule has 4 aliphatic rings. The molecule has 3 atom stereocenters. The summed E-state index contributed by atoms with van der Waals surface area (Å²) in [4.78, 5) is 16.4. The highest BCUT2D eigenvalue weighted by molar-refractivity contribution is 7.92. The molecule has 0 amide bonds. The van der Waals surface area contributed by atoms with E-state index in [0.29, 0.717) is 16.7 Å². The number of nitrogens with zero attached hydrogens (tertiary/aromatic N) is 2. The third kappa shape index (κ3) is 7.12. The second kappa shape index (κ2) is 12.7. The first kappa shape index (κ1) is 29.2.